The van der Waals surface area contributed by atoms with Crippen molar-refractivity contribution in [1.29, 1.82) is 0 Å². The van der Waals surface area contributed by atoms with Crippen LogP contribution in [0, 0.1) is 0 Å². The Labute approximate surface area is 200 Å². The van der Waals surface area contributed by atoms with Crippen LogP contribution < -0.4 is 16.0 Å². The fourth-order valence-electron chi connectivity index (χ4n) is 3.02. The van der Waals surface area contributed by atoms with Gasteiger partial charge in [0.25, 0.3) is 17.7 Å². The molecule has 3 N–H and O–H groups in total. The highest BCUT2D eigenvalue weighted by atomic mass is 32.1. The first-order valence-corrected chi connectivity index (χ1v) is 10.9. The molecule has 0 bridgehead atoms. The highest BCUT2D eigenvalue weighted by Crippen LogP contribution is 2.31. The number of furan rings is 1. The first kappa shape index (κ1) is 23.8. The predicted octanol–water partition coefficient (Wildman–Crippen LogP) is 6.12. The van der Waals surface area contributed by atoms with Gasteiger partial charge in [-0.25, -0.2) is 0 Å². The third kappa shape index (κ3) is 5.95. The van der Waals surface area contributed by atoms with Gasteiger partial charge in [-0.15, -0.1) is 11.3 Å². The molecule has 11 heteroatoms. The number of thiophene rings is 1. The number of carbonyl (C=O) groups excluding carboxylic acids is 3. The van der Waals surface area contributed by atoms with E-state index < -0.39 is 29.5 Å². The Bertz CT molecular complexity index is 1380. The number of rotatable bonds is 6. The molecule has 3 amide bonds. The van der Waals surface area contributed by atoms with Crippen LogP contribution in [0.5, 0.6) is 0 Å². The highest BCUT2D eigenvalue weighted by molar-refractivity contribution is 7.18. The Hall–Kier alpha value is -4.38. The number of hydrogen-bond donors (Lipinski definition) is 3. The fourth-order valence-corrected chi connectivity index (χ4v) is 3.81. The van der Waals surface area contributed by atoms with E-state index in [9.17, 15) is 27.6 Å². The molecule has 0 saturated heterocycles. The van der Waals surface area contributed by atoms with Gasteiger partial charge in [0, 0.05) is 16.9 Å². The first-order chi connectivity index (χ1) is 16.7. The summed E-state index contributed by atoms with van der Waals surface area (Å²) in [6.07, 6.45) is -3.16. The van der Waals surface area contributed by atoms with Crippen molar-refractivity contribution in [3.8, 4) is 0 Å². The minimum absolute atomic E-state index is 0.0121. The van der Waals surface area contributed by atoms with Crippen LogP contribution >= 0.6 is 11.3 Å². The monoisotopic (exact) mass is 499 g/mol. The maximum Gasteiger partial charge on any atom is 0.416 e. The van der Waals surface area contributed by atoms with Crippen molar-refractivity contribution in [3.63, 3.8) is 0 Å². The SMILES string of the molecule is O=C(Nc1cccc(C(F)(F)F)c1)c1cccc(NC(=O)c2ccc(NC(=O)c3ccco3)s2)c1. The number of benzene rings is 2. The zero-order valence-electron chi connectivity index (χ0n) is 17.7. The summed E-state index contributed by atoms with van der Waals surface area (Å²) in [5, 5.41) is 8.13. The lowest BCUT2D eigenvalue weighted by Crippen LogP contribution is -2.14. The summed E-state index contributed by atoms with van der Waals surface area (Å²) in [5.41, 5.74) is -0.451. The number of anilines is 3. The van der Waals surface area contributed by atoms with Crippen LogP contribution in [0.25, 0.3) is 0 Å². The minimum Gasteiger partial charge on any atom is -0.459 e. The number of amides is 3. The molecule has 2 aromatic carbocycles. The van der Waals surface area contributed by atoms with Crippen LogP contribution in [0.2, 0.25) is 0 Å². The Morgan fingerprint density at radius 1 is 0.743 bits per heavy atom. The van der Waals surface area contributed by atoms with Crippen LogP contribution in [0.1, 0.15) is 36.1 Å². The van der Waals surface area contributed by atoms with Crippen LogP contribution in [0.15, 0.2) is 83.5 Å². The maximum absolute atomic E-state index is 12.9. The Morgan fingerprint density at radius 3 is 2.17 bits per heavy atom. The van der Waals surface area contributed by atoms with Gasteiger partial charge in [-0.2, -0.15) is 13.2 Å². The van der Waals surface area contributed by atoms with Crippen molar-refractivity contribution >= 4 is 45.4 Å². The second-order valence-corrected chi connectivity index (χ2v) is 8.25. The van der Waals surface area contributed by atoms with E-state index in [1.807, 2.05) is 0 Å². The molecule has 2 aromatic heterocycles. The second kappa shape index (κ2) is 9.85. The van der Waals surface area contributed by atoms with Crippen LogP contribution in [0.4, 0.5) is 29.5 Å². The zero-order chi connectivity index (χ0) is 25.0. The number of alkyl halides is 3. The largest absolute Gasteiger partial charge is 0.459 e. The standard InChI is InChI=1S/C24H16F3N3O4S/c25-24(26,27)15-5-2-7-17(13-15)28-21(31)14-4-1-6-16(12-14)29-23(33)19-9-10-20(35-19)30-22(32)18-8-3-11-34-18/h1-13H,(H,28,31)(H,29,33)(H,30,32). The van der Waals surface area contributed by atoms with E-state index in [-0.39, 0.29) is 17.0 Å². The minimum atomic E-state index is -4.53. The number of halogens is 3. The molecular formula is C24H16F3N3O4S. The van der Waals surface area contributed by atoms with Gasteiger partial charge in [0.05, 0.1) is 21.7 Å². The van der Waals surface area contributed by atoms with Gasteiger partial charge in [0.1, 0.15) is 0 Å². The van der Waals surface area contributed by atoms with Gasteiger partial charge in [0.15, 0.2) is 5.76 Å². The molecular weight excluding hydrogens is 483 g/mol. The Balaban J connectivity index is 1.40. The molecule has 0 aliphatic rings. The molecule has 35 heavy (non-hydrogen) atoms. The molecule has 0 aliphatic carbocycles. The third-order valence-corrected chi connectivity index (χ3v) is 5.64. The van der Waals surface area contributed by atoms with E-state index in [0.29, 0.717) is 15.6 Å². The summed E-state index contributed by atoms with van der Waals surface area (Å²) in [7, 11) is 0. The summed E-state index contributed by atoms with van der Waals surface area (Å²) in [6.45, 7) is 0. The van der Waals surface area contributed by atoms with Crippen LogP contribution in [-0.2, 0) is 6.18 Å². The number of carbonyl (C=O) groups is 3. The average molecular weight is 499 g/mol. The van der Waals surface area contributed by atoms with Crippen molar-refractivity contribution in [3.05, 3.63) is 101 Å². The van der Waals surface area contributed by atoms with Gasteiger partial charge in [-0.05, 0) is 60.7 Å². The smallest absolute Gasteiger partial charge is 0.416 e. The molecule has 7 nitrogen and oxygen atoms in total. The lowest BCUT2D eigenvalue weighted by atomic mass is 10.1. The lowest BCUT2D eigenvalue weighted by molar-refractivity contribution is -0.137. The van der Waals surface area contributed by atoms with E-state index in [0.717, 1.165) is 23.5 Å². The molecule has 4 rings (SSSR count). The van der Waals surface area contributed by atoms with Crippen LogP contribution in [0.3, 0.4) is 0 Å². The Morgan fingerprint density at radius 2 is 1.46 bits per heavy atom. The highest BCUT2D eigenvalue weighted by Gasteiger charge is 2.30. The van der Waals surface area contributed by atoms with E-state index in [4.69, 9.17) is 4.42 Å². The summed E-state index contributed by atoms with van der Waals surface area (Å²) < 4.78 is 43.7. The van der Waals surface area contributed by atoms with E-state index >= 15 is 0 Å². The summed E-state index contributed by atoms with van der Waals surface area (Å²) in [4.78, 5) is 37.5. The van der Waals surface area contributed by atoms with Gasteiger partial charge in [-0.3, -0.25) is 14.4 Å². The molecule has 0 atom stereocenters. The number of nitrogens with one attached hydrogen (secondary N) is 3. The molecule has 0 fully saturated rings. The van der Waals surface area contributed by atoms with Gasteiger partial charge in [-0.1, -0.05) is 12.1 Å². The molecule has 0 radical (unpaired) electrons. The molecule has 0 saturated carbocycles. The zero-order valence-corrected chi connectivity index (χ0v) is 18.5. The van der Waals surface area contributed by atoms with E-state index in [1.165, 1.54) is 48.7 Å². The van der Waals surface area contributed by atoms with E-state index in [2.05, 4.69) is 16.0 Å². The quantitative estimate of drug-likeness (QED) is 0.298. The fraction of sp³-hybridized carbons (Fsp3) is 0.0417. The molecule has 2 heterocycles. The van der Waals surface area contributed by atoms with Crippen LogP contribution in [-0.4, -0.2) is 17.7 Å². The summed E-state index contributed by atoms with van der Waals surface area (Å²) in [6, 6.07) is 16.4. The van der Waals surface area contributed by atoms with E-state index in [1.54, 1.807) is 18.2 Å². The van der Waals surface area contributed by atoms with Crippen molar-refractivity contribution in [1.82, 2.24) is 0 Å². The molecule has 0 unspecified atom stereocenters. The van der Waals surface area contributed by atoms with Crippen molar-refractivity contribution < 1.29 is 32.0 Å². The summed E-state index contributed by atoms with van der Waals surface area (Å²) in [5.74, 6) is -1.43. The van der Waals surface area contributed by atoms with Crippen molar-refractivity contribution in [2.24, 2.45) is 0 Å². The third-order valence-electron chi connectivity index (χ3n) is 4.64. The van der Waals surface area contributed by atoms with Crippen molar-refractivity contribution in [2.45, 2.75) is 6.18 Å². The molecule has 178 valence electrons. The Kier molecular flexibility index (Phi) is 6.69. The molecule has 4 aromatic rings. The molecule has 0 spiro atoms. The number of hydrogen-bond acceptors (Lipinski definition) is 5. The molecule has 0 aliphatic heterocycles. The predicted molar refractivity (Wildman–Crippen MR) is 125 cm³/mol. The normalized spacial score (nSPS) is 11.1. The average Bonchev–Trinajstić information content (AvgIpc) is 3.51. The van der Waals surface area contributed by atoms with Gasteiger partial charge < -0.3 is 20.4 Å². The summed E-state index contributed by atoms with van der Waals surface area (Å²) >= 11 is 1.04. The lowest BCUT2D eigenvalue weighted by Gasteiger charge is -2.10. The van der Waals surface area contributed by atoms with Gasteiger partial charge in [0.2, 0.25) is 0 Å². The van der Waals surface area contributed by atoms with Gasteiger partial charge >= 0.3 is 6.18 Å². The first-order valence-electron chi connectivity index (χ1n) is 10.0. The van der Waals surface area contributed by atoms with Crippen molar-refractivity contribution in [2.75, 3.05) is 16.0 Å². The topological polar surface area (TPSA) is 100 Å². The maximum atomic E-state index is 12.9. The second-order valence-electron chi connectivity index (χ2n) is 7.16.